The van der Waals surface area contributed by atoms with Crippen molar-refractivity contribution in [2.75, 3.05) is 36.4 Å². The van der Waals surface area contributed by atoms with E-state index in [1.54, 1.807) is 42.5 Å². The maximum absolute atomic E-state index is 12.4. The lowest BCUT2D eigenvalue weighted by atomic mass is 10.1. The smallest absolute Gasteiger partial charge is 0.280 e. The van der Waals surface area contributed by atoms with E-state index >= 15 is 0 Å². The largest absolute Gasteiger partial charge is 0.456 e. The molecule has 0 bridgehead atoms. The number of nitro benzene ring substituents is 1. The minimum atomic E-state index is -0.468. The van der Waals surface area contributed by atoms with Crippen molar-refractivity contribution in [3.05, 3.63) is 81.6 Å². The maximum Gasteiger partial charge on any atom is 0.280 e. The molecule has 0 unspecified atom stereocenters. The van der Waals surface area contributed by atoms with Crippen LogP contribution in [0.4, 0.5) is 17.1 Å². The van der Waals surface area contributed by atoms with E-state index < -0.39 is 4.92 Å². The number of nitrogens with zero attached hydrogens (tertiary/aromatic N) is 3. The third-order valence-electron chi connectivity index (χ3n) is 5.88. The minimum Gasteiger partial charge on any atom is -0.456 e. The Kier molecular flexibility index (Phi) is 7.70. The van der Waals surface area contributed by atoms with Crippen LogP contribution in [0.3, 0.4) is 0 Å². The quantitative estimate of drug-likeness (QED) is 0.266. The molecule has 3 aromatic rings. The number of nitro groups is 1. The van der Waals surface area contributed by atoms with Gasteiger partial charge in [0.2, 0.25) is 11.8 Å². The maximum atomic E-state index is 12.4. The van der Waals surface area contributed by atoms with Gasteiger partial charge in [-0.05, 0) is 42.5 Å². The third-order valence-corrected chi connectivity index (χ3v) is 6.19. The van der Waals surface area contributed by atoms with Gasteiger partial charge in [-0.15, -0.1) is 0 Å². The van der Waals surface area contributed by atoms with Gasteiger partial charge in [0.15, 0.2) is 0 Å². The average Bonchev–Trinajstić information content (AvgIpc) is 3.36. The van der Waals surface area contributed by atoms with Gasteiger partial charge in [0.05, 0.1) is 21.2 Å². The molecule has 1 fully saturated rings. The molecule has 1 aliphatic heterocycles. The molecule has 36 heavy (non-hydrogen) atoms. The van der Waals surface area contributed by atoms with Gasteiger partial charge in [-0.25, -0.2) is 0 Å². The van der Waals surface area contributed by atoms with Crippen molar-refractivity contribution in [3.8, 4) is 11.3 Å². The molecule has 10 heteroatoms. The second kappa shape index (κ2) is 11.1. The fourth-order valence-corrected chi connectivity index (χ4v) is 4.33. The first kappa shape index (κ1) is 25.0. The Morgan fingerprint density at radius 3 is 2.56 bits per heavy atom. The Labute approximate surface area is 213 Å². The minimum absolute atomic E-state index is 0.0585. The number of para-hydroxylation sites is 1. The summed E-state index contributed by atoms with van der Waals surface area (Å²) in [5.74, 6) is 0.491. The third kappa shape index (κ3) is 5.75. The standard InChI is InChI=1S/C26H25ClN4O5/c1-2-26(33)30-15-13-29(14-16-30)23-10-7-18(17-21(23)27)28-25(32)12-9-19-8-11-24(36-19)20-5-3-4-6-22(20)31(34)35/h3-12,17H,2,13-16H2,1H3,(H,28,32)/b12-9+. The van der Waals surface area contributed by atoms with E-state index in [2.05, 4.69) is 10.2 Å². The first-order valence-electron chi connectivity index (χ1n) is 11.5. The average molecular weight is 509 g/mol. The Balaban J connectivity index is 1.37. The van der Waals surface area contributed by atoms with Crippen LogP contribution < -0.4 is 10.2 Å². The Morgan fingerprint density at radius 1 is 1.11 bits per heavy atom. The summed E-state index contributed by atoms with van der Waals surface area (Å²) in [6, 6.07) is 14.9. The van der Waals surface area contributed by atoms with E-state index in [1.807, 2.05) is 17.9 Å². The molecule has 1 N–H and O–H groups in total. The number of rotatable bonds is 7. The molecule has 0 radical (unpaired) electrons. The normalized spacial score (nSPS) is 13.7. The molecule has 2 aromatic carbocycles. The molecule has 0 aliphatic carbocycles. The summed E-state index contributed by atoms with van der Waals surface area (Å²) in [5, 5.41) is 14.5. The highest BCUT2D eigenvalue weighted by atomic mass is 35.5. The van der Waals surface area contributed by atoms with Crippen molar-refractivity contribution in [1.29, 1.82) is 0 Å². The second-order valence-corrected chi connectivity index (χ2v) is 8.59. The Hall–Kier alpha value is -4.11. The van der Waals surface area contributed by atoms with E-state index in [9.17, 15) is 19.7 Å². The van der Waals surface area contributed by atoms with Crippen LogP contribution in [0.15, 0.2) is 65.1 Å². The molecule has 4 rings (SSSR count). The Morgan fingerprint density at radius 2 is 1.86 bits per heavy atom. The molecule has 1 saturated heterocycles. The fourth-order valence-electron chi connectivity index (χ4n) is 4.03. The highest BCUT2D eigenvalue weighted by molar-refractivity contribution is 6.33. The van der Waals surface area contributed by atoms with Crippen molar-refractivity contribution in [2.45, 2.75) is 13.3 Å². The summed E-state index contributed by atoms with van der Waals surface area (Å²) in [6.07, 6.45) is 3.30. The van der Waals surface area contributed by atoms with Crippen molar-refractivity contribution in [1.82, 2.24) is 4.90 Å². The van der Waals surface area contributed by atoms with E-state index in [0.717, 1.165) is 5.69 Å². The predicted octanol–water partition coefficient (Wildman–Crippen LogP) is 5.22. The second-order valence-electron chi connectivity index (χ2n) is 8.19. The van der Waals surface area contributed by atoms with E-state index in [0.29, 0.717) is 60.4 Å². The number of halogens is 1. The molecule has 1 aromatic heterocycles. The Bertz CT molecular complexity index is 1310. The molecule has 2 amide bonds. The number of amides is 2. The topological polar surface area (TPSA) is 109 Å². The predicted molar refractivity (Wildman–Crippen MR) is 139 cm³/mol. The number of hydrogen-bond donors (Lipinski definition) is 1. The van der Waals surface area contributed by atoms with Crippen LogP contribution in [-0.4, -0.2) is 47.8 Å². The molecule has 9 nitrogen and oxygen atoms in total. The lowest BCUT2D eigenvalue weighted by Crippen LogP contribution is -2.48. The van der Waals surface area contributed by atoms with Crippen LogP contribution in [0, 0.1) is 10.1 Å². The molecule has 0 saturated carbocycles. The highest BCUT2D eigenvalue weighted by Gasteiger charge is 2.21. The van der Waals surface area contributed by atoms with Gasteiger partial charge in [0.1, 0.15) is 11.5 Å². The summed E-state index contributed by atoms with van der Waals surface area (Å²) in [7, 11) is 0. The number of hydrogen-bond acceptors (Lipinski definition) is 6. The first-order valence-corrected chi connectivity index (χ1v) is 11.9. The number of carbonyl (C=O) groups is 2. The van der Waals surface area contributed by atoms with Crippen LogP contribution >= 0.6 is 11.6 Å². The van der Waals surface area contributed by atoms with Gasteiger partial charge in [-0.1, -0.05) is 30.7 Å². The highest BCUT2D eigenvalue weighted by Crippen LogP contribution is 2.32. The lowest BCUT2D eigenvalue weighted by Gasteiger charge is -2.36. The van der Waals surface area contributed by atoms with Crippen LogP contribution in [0.2, 0.25) is 5.02 Å². The van der Waals surface area contributed by atoms with Crippen molar-refractivity contribution in [3.63, 3.8) is 0 Å². The molecule has 186 valence electrons. The summed E-state index contributed by atoms with van der Waals surface area (Å²) >= 11 is 6.49. The molecule has 0 spiro atoms. The number of carbonyl (C=O) groups excluding carboxylic acids is 2. The van der Waals surface area contributed by atoms with Crippen LogP contribution in [0.5, 0.6) is 0 Å². The number of piperazine rings is 1. The van der Waals surface area contributed by atoms with Gasteiger partial charge in [-0.2, -0.15) is 0 Å². The monoisotopic (exact) mass is 508 g/mol. The summed E-state index contributed by atoms with van der Waals surface area (Å²) in [5.41, 5.74) is 1.70. The first-order chi connectivity index (χ1) is 17.4. The van der Waals surface area contributed by atoms with E-state index in [4.69, 9.17) is 16.0 Å². The van der Waals surface area contributed by atoms with Crippen LogP contribution in [0.25, 0.3) is 17.4 Å². The lowest BCUT2D eigenvalue weighted by molar-refractivity contribution is -0.384. The van der Waals surface area contributed by atoms with Crippen molar-refractivity contribution in [2.24, 2.45) is 0 Å². The van der Waals surface area contributed by atoms with E-state index in [-0.39, 0.29) is 17.5 Å². The van der Waals surface area contributed by atoms with Gasteiger partial charge < -0.3 is 19.5 Å². The van der Waals surface area contributed by atoms with Gasteiger partial charge >= 0.3 is 0 Å². The number of furan rings is 1. The van der Waals surface area contributed by atoms with E-state index in [1.165, 1.54) is 18.2 Å². The fraction of sp³-hybridized carbons (Fsp3) is 0.231. The number of anilines is 2. The molecular weight excluding hydrogens is 484 g/mol. The summed E-state index contributed by atoms with van der Waals surface area (Å²) < 4.78 is 5.67. The zero-order valence-corrected chi connectivity index (χ0v) is 20.4. The van der Waals surface area contributed by atoms with Crippen molar-refractivity contribution < 1.29 is 18.9 Å². The van der Waals surface area contributed by atoms with Gasteiger partial charge in [0.25, 0.3) is 5.69 Å². The summed E-state index contributed by atoms with van der Waals surface area (Å²) in [6.45, 7) is 4.55. The van der Waals surface area contributed by atoms with Crippen LogP contribution in [-0.2, 0) is 9.59 Å². The van der Waals surface area contributed by atoms with Crippen molar-refractivity contribution >= 4 is 46.6 Å². The number of benzene rings is 2. The molecule has 2 heterocycles. The molecule has 1 aliphatic rings. The number of nitrogens with one attached hydrogen (secondary N) is 1. The zero-order chi connectivity index (χ0) is 25.7. The zero-order valence-electron chi connectivity index (χ0n) is 19.6. The molecule has 0 atom stereocenters. The molecular formula is C26H25ClN4O5. The summed E-state index contributed by atoms with van der Waals surface area (Å²) in [4.78, 5) is 39.0. The van der Waals surface area contributed by atoms with Gasteiger partial charge in [-0.3, -0.25) is 19.7 Å². The van der Waals surface area contributed by atoms with Crippen LogP contribution in [0.1, 0.15) is 19.1 Å². The SMILES string of the molecule is CCC(=O)N1CCN(c2ccc(NC(=O)/C=C/c3ccc(-c4ccccc4[N+](=O)[O-])o3)cc2Cl)CC1. The van der Waals surface area contributed by atoms with Gasteiger partial charge in [0, 0.05) is 50.4 Å².